The topological polar surface area (TPSA) is 78.0 Å². The predicted octanol–water partition coefficient (Wildman–Crippen LogP) is 5.93. The monoisotopic (exact) mass is 383 g/mol. The molecule has 0 saturated carbocycles. The minimum Gasteiger partial charge on any atom is -0.478 e. The van der Waals surface area contributed by atoms with Gasteiger partial charge in [0, 0.05) is 39.9 Å². The van der Waals surface area contributed by atoms with E-state index in [0.717, 1.165) is 27.8 Å². The fraction of sp³-hybridized carbons (Fsp3) is 0.0476. The van der Waals surface area contributed by atoms with Crippen molar-refractivity contribution in [3.8, 4) is 11.1 Å². The quantitative estimate of drug-likeness (QED) is 0.399. The molecule has 0 fully saturated rings. The number of nitrogens with one attached hydrogen (secondary N) is 2. The van der Waals surface area contributed by atoms with Crippen LogP contribution in [-0.4, -0.2) is 21.0 Å². The maximum Gasteiger partial charge on any atom is 0.335 e. The van der Waals surface area contributed by atoms with E-state index in [1.165, 1.54) is 0 Å². The number of H-pyrrole nitrogens is 1. The number of pyridine rings is 1. The number of halogens is 1. The van der Waals surface area contributed by atoms with Crippen molar-refractivity contribution in [1.29, 1.82) is 0 Å². The first kappa shape index (κ1) is 17.1. The van der Waals surface area contributed by atoms with Crippen molar-refractivity contribution < 1.29 is 14.2 Å². The Morgan fingerprint density at radius 2 is 2.00 bits per heavy atom. The Bertz CT molecular complexity index is 1140. The summed E-state index contributed by atoms with van der Waals surface area (Å²) in [7, 11) is 0. The van der Waals surface area contributed by atoms with E-state index >= 15 is 0 Å². The van der Waals surface area contributed by atoms with Crippen LogP contribution in [0.25, 0.3) is 22.2 Å². The van der Waals surface area contributed by atoms with Crippen molar-refractivity contribution in [1.82, 2.24) is 9.97 Å². The second kappa shape index (κ2) is 7.13. The van der Waals surface area contributed by atoms with Gasteiger partial charge in [0.25, 0.3) is 0 Å². The van der Waals surface area contributed by atoms with Crippen LogP contribution in [0.2, 0.25) is 5.02 Å². The fourth-order valence-electron chi connectivity index (χ4n) is 3.03. The summed E-state index contributed by atoms with van der Waals surface area (Å²) in [6.45, 7) is 0.602. The van der Waals surface area contributed by atoms with Gasteiger partial charge in [0.15, 0.2) is 0 Å². The van der Waals surface area contributed by atoms with Crippen LogP contribution in [0.1, 0.15) is 20.2 Å². The third kappa shape index (κ3) is 3.64. The molecule has 6 heteroatoms. The van der Waals surface area contributed by atoms with Gasteiger partial charge in [-0.2, -0.15) is 0 Å². The molecule has 3 N–H and O–H groups in total. The van der Waals surface area contributed by atoms with Gasteiger partial charge in [-0.3, -0.25) is 0 Å². The second-order valence-corrected chi connectivity index (χ2v) is 6.63. The zero-order valence-corrected chi connectivity index (χ0v) is 15.0. The third-order valence-electron chi connectivity index (χ3n) is 4.33. The van der Waals surface area contributed by atoms with Gasteiger partial charge in [-0.15, -0.1) is 0 Å². The van der Waals surface area contributed by atoms with E-state index in [2.05, 4.69) is 15.3 Å². The number of aromatic nitrogens is 2. The molecule has 0 saturated heterocycles. The maximum absolute atomic E-state index is 11.6. The van der Waals surface area contributed by atoms with E-state index in [1.54, 1.807) is 18.3 Å². The highest BCUT2D eigenvalue weighted by atomic mass is 35.5. The van der Waals surface area contributed by atoms with Crippen LogP contribution in [0.5, 0.6) is 0 Å². The number of benzene rings is 2. The zero-order valence-electron chi connectivity index (χ0n) is 14.2. The molecule has 2 aromatic carbocycles. The molecule has 0 aliphatic heterocycles. The van der Waals surface area contributed by atoms with E-state index in [0.29, 0.717) is 17.2 Å². The van der Waals surface area contributed by atoms with Crippen molar-refractivity contribution in [2.45, 2.75) is 6.54 Å². The summed E-state index contributed by atoms with van der Waals surface area (Å²) >= 11 is 6.08. The van der Waals surface area contributed by atoms with Crippen LogP contribution in [0.3, 0.4) is 0 Å². The first-order chi connectivity index (χ1) is 13.1. The molecule has 2 aromatic heterocycles. The summed E-state index contributed by atoms with van der Waals surface area (Å²) in [4.78, 5) is 19.0. The minimum absolute atomic E-state index is 0. The molecule has 2 heterocycles. The number of nitrogens with zero attached hydrogens (tertiary/aromatic N) is 1. The van der Waals surface area contributed by atoms with Gasteiger partial charge in [0.2, 0.25) is 0 Å². The smallest absolute Gasteiger partial charge is 0.335 e. The number of rotatable bonds is 5. The van der Waals surface area contributed by atoms with Gasteiger partial charge in [0.05, 0.1) is 10.6 Å². The number of hydrogen-bond acceptors (Lipinski definition) is 3. The average molecular weight is 384 g/mol. The maximum atomic E-state index is 11.6. The van der Waals surface area contributed by atoms with Crippen LogP contribution in [-0.2, 0) is 6.54 Å². The Labute approximate surface area is 165 Å². The van der Waals surface area contributed by atoms with Crippen molar-refractivity contribution in [2.24, 2.45) is 0 Å². The fourth-order valence-corrected chi connectivity index (χ4v) is 3.18. The predicted molar refractivity (Wildman–Crippen MR) is 114 cm³/mol. The molecule has 4 aromatic rings. The Hall–Kier alpha value is -3.31. The minimum atomic E-state index is -0.976. The lowest BCUT2D eigenvalue weighted by Crippen LogP contribution is -2.03. The number of hydrogen-bond donors (Lipinski definition) is 3. The second-order valence-electron chi connectivity index (χ2n) is 6.20. The average Bonchev–Trinajstić information content (AvgIpc) is 3.10. The molecule has 0 amide bonds. The van der Waals surface area contributed by atoms with Crippen molar-refractivity contribution in [3.63, 3.8) is 0 Å². The number of carbonyl (C=O) groups is 1. The molecule has 4 rings (SSSR count). The lowest BCUT2D eigenvalue weighted by atomic mass is 10.0. The van der Waals surface area contributed by atoms with Gasteiger partial charge >= 0.3 is 5.97 Å². The highest BCUT2D eigenvalue weighted by Gasteiger charge is 2.13. The Morgan fingerprint density at radius 1 is 1.19 bits per heavy atom. The number of aromatic carboxylic acids is 1. The normalized spacial score (nSPS) is 10.9. The lowest BCUT2D eigenvalue weighted by Gasteiger charge is -2.10. The van der Waals surface area contributed by atoms with Crippen molar-refractivity contribution >= 4 is 34.3 Å². The van der Waals surface area contributed by atoms with Gasteiger partial charge in [0.1, 0.15) is 5.65 Å². The van der Waals surface area contributed by atoms with Gasteiger partial charge in [-0.1, -0.05) is 41.9 Å². The summed E-state index contributed by atoms with van der Waals surface area (Å²) in [5.74, 6) is -0.976. The molecule has 0 atom stereocenters. The molecule has 27 heavy (non-hydrogen) atoms. The summed E-state index contributed by atoms with van der Waals surface area (Å²) in [6, 6.07) is 17.0. The molecular formula is C21H22ClN3O2. The third-order valence-corrected chi connectivity index (χ3v) is 4.53. The SMILES string of the molecule is O=C(O)c1cc(NCc2ccccc2)cc(-c2c[nH]c3ncc(Cl)cc23)c1.[HH].[HH].[HH]. The van der Waals surface area contributed by atoms with Crippen molar-refractivity contribution in [2.75, 3.05) is 5.32 Å². The summed E-state index contributed by atoms with van der Waals surface area (Å²) in [5, 5.41) is 14.2. The van der Waals surface area contributed by atoms with E-state index in [4.69, 9.17) is 11.6 Å². The molecule has 140 valence electrons. The number of fused-ring (bicyclic) bond motifs is 1. The van der Waals surface area contributed by atoms with E-state index in [-0.39, 0.29) is 9.84 Å². The van der Waals surface area contributed by atoms with Crippen LogP contribution >= 0.6 is 11.6 Å². The van der Waals surface area contributed by atoms with Crippen molar-refractivity contribution in [3.05, 3.63) is 83.1 Å². The highest BCUT2D eigenvalue weighted by molar-refractivity contribution is 6.31. The van der Waals surface area contributed by atoms with E-state index < -0.39 is 5.97 Å². The number of carboxylic acid groups (broad SMARTS) is 1. The standard InChI is InChI=1S/C21H16ClN3O2.3H2/c22-16-9-18-19(12-25-20(18)24-11-16)14-6-15(21(26)27)8-17(7-14)23-10-13-4-2-1-3-5-13;;;/h1-9,11-12,23H,10H2,(H,24,25)(H,26,27);3*1H. The molecule has 0 spiro atoms. The summed E-state index contributed by atoms with van der Waals surface area (Å²) in [6.07, 6.45) is 3.39. The van der Waals surface area contributed by atoms with Gasteiger partial charge < -0.3 is 15.4 Å². The van der Waals surface area contributed by atoms with Crippen LogP contribution in [0.4, 0.5) is 5.69 Å². The number of carboxylic acids is 1. The number of anilines is 1. The summed E-state index contributed by atoms with van der Waals surface area (Å²) < 4.78 is 0. The van der Waals surface area contributed by atoms with E-state index in [1.807, 2.05) is 48.7 Å². The highest BCUT2D eigenvalue weighted by Crippen LogP contribution is 2.32. The molecule has 5 nitrogen and oxygen atoms in total. The molecule has 0 aliphatic carbocycles. The van der Waals surface area contributed by atoms with Crippen LogP contribution < -0.4 is 5.32 Å². The largest absolute Gasteiger partial charge is 0.478 e. The molecular weight excluding hydrogens is 362 g/mol. The number of aromatic amines is 1. The first-order valence-corrected chi connectivity index (χ1v) is 8.77. The molecule has 0 radical (unpaired) electrons. The first-order valence-electron chi connectivity index (χ1n) is 8.39. The van der Waals surface area contributed by atoms with E-state index in [9.17, 15) is 9.90 Å². The summed E-state index contributed by atoms with van der Waals surface area (Å²) in [5.41, 5.74) is 4.40. The molecule has 0 unspecified atom stereocenters. The van der Waals surface area contributed by atoms with Crippen LogP contribution in [0.15, 0.2) is 67.0 Å². The van der Waals surface area contributed by atoms with Gasteiger partial charge in [-0.05, 0) is 35.4 Å². The molecule has 0 aliphatic rings. The zero-order chi connectivity index (χ0) is 18.8. The Balaban J connectivity index is 0.00000150. The van der Waals surface area contributed by atoms with Gasteiger partial charge in [-0.25, -0.2) is 9.78 Å². The Morgan fingerprint density at radius 3 is 2.78 bits per heavy atom. The van der Waals surface area contributed by atoms with Crippen LogP contribution in [0, 0.1) is 0 Å². The lowest BCUT2D eigenvalue weighted by molar-refractivity contribution is 0.0697. The Kier molecular flexibility index (Phi) is 4.52. The molecule has 0 bridgehead atoms.